The van der Waals surface area contributed by atoms with E-state index in [0.717, 1.165) is 50.3 Å². The van der Waals surface area contributed by atoms with Gasteiger partial charge in [0.25, 0.3) is 0 Å². The lowest BCUT2D eigenvalue weighted by molar-refractivity contribution is 0.434. The van der Waals surface area contributed by atoms with Crippen molar-refractivity contribution in [2.24, 2.45) is 0 Å². The summed E-state index contributed by atoms with van der Waals surface area (Å²) in [5.41, 5.74) is 7.84. The molecule has 0 amide bonds. The van der Waals surface area contributed by atoms with Gasteiger partial charge in [-0.05, 0) is 29.3 Å². The molecular weight excluding hydrogens is 512 g/mol. The van der Waals surface area contributed by atoms with Crippen LogP contribution in [-0.2, 0) is 5.41 Å². The van der Waals surface area contributed by atoms with Crippen LogP contribution in [0.25, 0.3) is 33.5 Å². The largest absolute Gasteiger partial charge is 0.457 e. The molecule has 0 aliphatic carbocycles. The lowest BCUT2D eigenvalue weighted by Gasteiger charge is -2.41. The number of para-hydroxylation sites is 2. The molecule has 8 rings (SSSR count). The Morgan fingerprint density at radius 3 is 1.79 bits per heavy atom. The highest BCUT2D eigenvalue weighted by Crippen LogP contribution is 2.55. The third-order valence-electron chi connectivity index (χ3n) is 8.22. The molecule has 6 aromatic carbocycles. The van der Waals surface area contributed by atoms with Gasteiger partial charge in [0.1, 0.15) is 11.5 Å². The molecule has 3 nitrogen and oxygen atoms in total. The Morgan fingerprint density at radius 2 is 1.05 bits per heavy atom. The van der Waals surface area contributed by atoms with Crippen molar-refractivity contribution in [2.75, 3.05) is 0 Å². The topological polar surface area (TPSA) is 35.0 Å². The third kappa shape index (κ3) is 3.75. The second-order valence-corrected chi connectivity index (χ2v) is 10.6. The number of fused-ring (bicyclic) bond motifs is 3. The molecule has 1 aliphatic heterocycles. The molecule has 0 saturated carbocycles. The minimum absolute atomic E-state index is 0.551. The van der Waals surface area contributed by atoms with Crippen molar-refractivity contribution in [3.8, 4) is 34.1 Å². The second kappa shape index (κ2) is 9.83. The maximum Gasteiger partial charge on any atom is 0.160 e. The van der Waals surface area contributed by atoms with Gasteiger partial charge in [-0.1, -0.05) is 140 Å². The van der Waals surface area contributed by atoms with E-state index in [1.54, 1.807) is 0 Å². The molecule has 0 spiro atoms. The van der Waals surface area contributed by atoms with E-state index in [9.17, 15) is 0 Å². The normalized spacial score (nSPS) is 13.1. The summed E-state index contributed by atoms with van der Waals surface area (Å²) < 4.78 is 6.68. The van der Waals surface area contributed by atoms with Gasteiger partial charge in [-0.3, -0.25) is 0 Å². The molecule has 42 heavy (non-hydrogen) atoms. The Labute approximate surface area is 244 Å². The van der Waals surface area contributed by atoms with Gasteiger partial charge in [0.2, 0.25) is 0 Å². The van der Waals surface area contributed by atoms with Crippen LogP contribution in [0.5, 0.6) is 11.5 Å². The first-order valence-corrected chi connectivity index (χ1v) is 14.2. The van der Waals surface area contributed by atoms with E-state index >= 15 is 0 Å². The van der Waals surface area contributed by atoms with Crippen LogP contribution in [0, 0.1) is 0 Å². The first-order chi connectivity index (χ1) is 20.8. The average Bonchev–Trinajstić information content (AvgIpc) is 3.07. The zero-order chi connectivity index (χ0) is 27.9. The predicted molar refractivity (Wildman–Crippen MR) is 169 cm³/mol. The van der Waals surface area contributed by atoms with Crippen LogP contribution in [0.3, 0.4) is 0 Å². The lowest BCUT2D eigenvalue weighted by Crippen LogP contribution is -2.34. The van der Waals surface area contributed by atoms with Crippen LogP contribution in [0.2, 0.25) is 0 Å². The molecule has 0 unspecified atom stereocenters. The minimum atomic E-state index is -0.551. The van der Waals surface area contributed by atoms with Gasteiger partial charge in [0.15, 0.2) is 5.82 Å². The van der Waals surface area contributed by atoms with Crippen LogP contribution >= 0.6 is 0 Å². The number of benzene rings is 6. The molecule has 0 radical (unpaired) electrons. The van der Waals surface area contributed by atoms with E-state index in [2.05, 4.69) is 115 Å². The number of rotatable bonds is 4. The van der Waals surface area contributed by atoms with Crippen molar-refractivity contribution in [2.45, 2.75) is 5.41 Å². The maximum absolute atomic E-state index is 6.68. The smallest absolute Gasteiger partial charge is 0.160 e. The van der Waals surface area contributed by atoms with E-state index in [1.165, 1.54) is 11.1 Å². The Kier molecular flexibility index (Phi) is 5.68. The molecule has 1 aliphatic rings. The Balaban J connectivity index is 1.38. The quantitative estimate of drug-likeness (QED) is 0.224. The monoisotopic (exact) mass is 538 g/mol. The summed E-state index contributed by atoms with van der Waals surface area (Å²) in [6.45, 7) is 0. The van der Waals surface area contributed by atoms with Crippen molar-refractivity contribution >= 4 is 10.9 Å². The van der Waals surface area contributed by atoms with E-state index < -0.39 is 5.41 Å². The van der Waals surface area contributed by atoms with E-state index in [4.69, 9.17) is 14.7 Å². The highest BCUT2D eigenvalue weighted by molar-refractivity contribution is 5.93. The number of hydrogen-bond donors (Lipinski definition) is 0. The van der Waals surface area contributed by atoms with Crippen molar-refractivity contribution in [1.82, 2.24) is 9.97 Å². The molecule has 7 aromatic rings. The summed E-state index contributed by atoms with van der Waals surface area (Å²) >= 11 is 0. The molecule has 0 saturated heterocycles. The van der Waals surface area contributed by atoms with Crippen LogP contribution < -0.4 is 4.74 Å². The summed E-state index contributed by atoms with van der Waals surface area (Å²) in [6, 6.07) is 54.7. The summed E-state index contributed by atoms with van der Waals surface area (Å²) in [5, 5.41) is 1.03. The van der Waals surface area contributed by atoms with Crippen molar-refractivity contribution in [3.05, 3.63) is 180 Å². The van der Waals surface area contributed by atoms with Crippen LogP contribution in [-0.4, -0.2) is 9.97 Å². The van der Waals surface area contributed by atoms with E-state index in [-0.39, 0.29) is 0 Å². The molecule has 198 valence electrons. The number of aromatic nitrogens is 2. The van der Waals surface area contributed by atoms with Crippen LogP contribution in [0.1, 0.15) is 22.3 Å². The standard InChI is InChI=1S/C39H26N2O/c1-4-14-27(15-5-1)37-31-20-10-12-22-34(31)40-38(41-37)28-24-25-33-36(26-28)42-35-23-13-11-21-32(35)39(33,29-16-6-2-7-17-29)30-18-8-3-9-19-30/h1-26H. The third-order valence-corrected chi connectivity index (χ3v) is 8.22. The fraction of sp³-hybridized carbons (Fsp3) is 0.0256. The van der Waals surface area contributed by atoms with E-state index in [0.29, 0.717) is 5.82 Å². The van der Waals surface area contributed by atoms with Gasteiger partial charge < -0.3 is 4.74 Å². The molecule has 0 atom stereocenters. The fourth-order valence-corrected chi connectivity index (χ4v) is 6.37. The fourth-order valence-electron chi connectivity index (χ4n) is 6.37. The zero-order valence-corrected chi connectivity index (χ0v) is 22.8. The summed E-state index contributed by atoms with van der Waals surface area (Å²) in [5.74, 6) is 2.32. The molecule has 2 heterocycles. The number of hydrogen-bond acceptors (Lipinski definition) is 3. The first-order valence-electron chi connectivity index (χ1n) is 14.2. The van der Waals surface area contributed by atoms with Gasteiger partial charge in [0.05, 0.1) is 16.6 Å². The van der Waals surface area contributed by atoms with Gasteiger partial charge in [0, 0.05) is 27.6 Å². The zero-order valence-electron chi connectivity index (χ0n) is 22.8. The molecule has 3 heteroatoms. The van der Waals surface area contributed by atoms with Gasteiger partial charge in [-0.15, -0.1) is 0 Å². The predicted octanol–water partition coefficient (Wildman–Crippen LogP) is 9.45. The summed E-state index contributed by atoms with van der Waals surface area (Å²) in [7, 11) is 0. The van der Waals surface area contributed by atoms with Gasteiger partial charge in [-0.2, -0.15) is 0 Å². The summed E-state index contributed by atoms with van der Waals surface area (Å²) in [6.07, 6.45) is 0. The molecular formula is C39H26N2O. The highest BCUT2D eigenvalue weighted by Gasteiger charge is 2.45. The van der Waals surface area contributed by atoms with Crippen molar-refractivity contribution in [3.63, 3.8) is 0 Å². The van der Waals surface area contributed by atoms with Gasteiger partial charge >= 0.3 is 0 Å². The molecule has 0 bridgehead atoms. The number of nitrogens with zero attached hydrogens (tertiary/aromatic N) is 2. The van der Waals surface area contributed by atoms with E-state index in [1.807, 2.05) is 42.5 Å². The second-order valence-electron chi connectivity index (χ2n) is 10.6. The van der Waals surface area contributed by atoms with Crippen LogP contribution in [0.4, 0.5) is 0 Å². The molecule has 0 N–H and O–H groups in total. The Hall–Kier alpha value is -5.54. The summed E-state index contributed by atoms with van der Waals surface area (Å²) in [4.78, 5) is 10.1. The minimum Gasteiger partial charge on any atom is -0.457 e. The van der Waals surface area contributed by atoms with Crippen LogP contribution in [0.15, 0.2) is 158 Å². The lowest BCUT2D eigenvalue weighted by atomic mass is 9.63. The van der Waals surface area contributed by atoms with Gasteiger partial charge in [-0.25, -0.2) is 9.97 Å². The SMILES string of the molecule is c1ccc(-c2nc(-c3ccc4c(c3)Oc3ccccc3C4(c3ccccc3)c3ccccc3)nc3ccccc23)cc1. The average molecular weight is 539 g/mol. The Morgan fingerprint density at radius 1 is 0.452 bits per heavy atom. The highest BCUT2D eigenvalue weighted by atomic mass is 16.5. The maximum atomic E-state index is 6.68. The van der Waals surface area contributed by atoms with Crippen molar-refractivity contribution < 1.29 is 4.74 Å². The molecule has 0 fully saturated rings. The number of ether oxygens (including phenoxy) is 1. The first kappa shape index (κ1) is 24.3. The van der Waals surface area contributed by atoms with Crippen molar-refractivity contribution in [1.29, 1.82) is 0 Å². The molecule has 1 aromatic heterocycles. The Bertz CT molecular complexity index is 2010.